The summed E-state index contributed by atoms with van der Waals surface area (Å²) in [5.41, 5.74) is 7.12. The van der Waals surface area contributed by atoms with Crippen LogP contribution in [0, 0.1) is 13.8 Å². The van der Waals surface area contributed by atoms with Crippen LogP contribution in [0.3, 0.4) is 0 Å². The van der Waals surface area contributed by atoms with Gasteiger partial charge in [0.25, 0.3) is 0 Å². The van der Waals surface area contributed by atoms with Gasteiger partial charge in [0.2, 0.25) is 5.89 Å². The average Bonchev–Trinajstić information content (AvgIpc) is 2.66. The molecule has 0 aliphatic carbocycles. The smallest absolute Gasteiger partial charge is 0.213 e. The standard InChI is InChI=1S/C11H13N5OS/c1-6-7(2)17-9(15-6)5-13-11-8(10(12)18)3-4-14-16-11/h3-4H,5H2,1-2H3,(H2,12,18)(H,13,16). The van der Waals surface area contributed by atoms with Crippen LogP contribution in [0.15, 0.2) is 16.7 Å². The predicted octanol–water partition coefficient (Wildman–Crippen LogP) is 1.33. The molecule has 94 valence electrons. The summed E-state index contributed by atoms with van der Waals surface area (Å²) < 4.78 is 5.45. The SMILES string of the molecule is Cc1nc(CNc2nnccc2C(N)=S)oc1C. The third-order valence-corrected chi connectivity index (χ3v) is 2.69. The summed E-state index contributed by atoms with van der Waals surface area (Å²) in [5, 5.41) is 10.8. The van der Waals surface area contributed by atoms with Gasteiger partial charge in [0, 0.05) is 0 Å². The Balaban J connectivity index is 2.13. The monoisotopic (exact) mass is 263 g/mol. The predicted molar refractivity (Wildman–Crippen MR) is 71.2 cm³/mol. The number of hydrogen-bond acceptors (Lipinski definition) is 6. The van der Waals surface area contributed by atoms with Crippen LogP contribution in [0.4, 0.5) is 5.82 Å². The third kappa shape index (κ3) is 2.62. The van der Waals surface area contributed by atoms with Gasteiger partial charge < -0.3 is 15.5 Å². The summed E-state index contributed by atoms with van der Waals surface area (Å²) in [6.45, 7) is 4.17. The number of thiocarbonyl (C=S) groups is 1. The third-order valence-electron chi connectivity index (χ3n) is 2.47. The lowest BCUT2D eigenvalue weighted by Crippen LogP contribution is -2.15. The van der Waals surface area contributed by atoms with Crippen molar-refractivity contribution in [2.45, 2.75) is 20.4 Å². The summed E-state index contributed by atoms with van der Waals surface area (Å²) in [6, 6.07) is 1.71. The fourth-order valence-electron chi connectivity index (χ4n) is 1.44. The largest absolute Gasteiger partial charge is 0.444 e. The molecular weight excluding hydrogens is 250 g/mol. The van der Waals surface area contributed by atoms with Gasteiger partial charge in [0.05, 0.1) is 24.0 Å². The van der Waals surface area contributed by atoms with Crippen LogP contribution in [-0.2, 0) is 6.54 Å². The van der Waals surface area contributed by atoms with Crippen molar-refractivity contribution in [1.29, 1.82) is 0 Å². The van der Waals surface area contributed by atoms with Crippen molar-refractivity contribution in [3.8, 4) is 0 Å². The summed E-state index contributed by atoms with van der Waals surface area (Å²) in [6.07, 6.45) is 1.54. The molecule has 7 heteroatoms. The lowest BCUT2D eigenvalue weighted by atomic mass is 10.3. The molecule has 0 fully saturated rings. The molecule has 3 N–H and O–H groups in total. The zero-order chi connectivity index (χ0) is 13.1. The van der Waals surface area contributed by atoms with Crippen LogP contribution < -0.4 is 11.1 Å². The van der Waals surface area contributed by atoms with Crippen molar-refractivity contribution < 1.29 is 4.42 Å². The molecule has 18 heavy (non-hydrogen) atoms. The van der Waals surface area contributed by atoms with Crippen LogP contribution in [-0.4, -0.2) is 20.2 Å². The Labute approximate surface area is 110 Å². The van der Waals surface area contributed by atoms with E-state index < -0.39 is 0 Å². The highest BCUT2D eigenvalue weighted by molar-refractivity contribution is 7.80. The second-order valence-corrected chi connectivity index (χ2v) is 4.20. The maximum atomic E-state index is 5.60. The molecule has 0 saturated heterocycles. The van der Waals surface area contributed by atoms with Gasteiger partial charge in [-0.25, -0.2) is 4.98 Å². The summed E-state index contributed by atoms with van der Waals surface area (Å²) in [5.74, 6) is 1.92. The quantitative estimate of drug-likeness (QED) is 0.804. The topological polar surface area (TPSA) is 89.9 Å². The van der Waals surface area contributed by atoms with E-state index >= 15 is 0 Å². The Morgan fingerprint density at radius 2 is 2.28 bits per heavy atom. The molecule has 2 aromatic heterocycles. The maximum absolute atomic E-state index is 5.60. The molecule has 2 rings (SSSR count). The van der Waals surface area contributed by atoms with Crippen molar-refractivity contribution >= 4 is 23.0 Å². The van der Waals surface area contributed by atoms with Gasteiger partial charge in [0.1, 0.15) is 10.7 Å². The van der Waals surface area contributed by atoms with Crippen LogP contribution in [0.1, 0.15) is 22.9 Å². The number of nitrogens with one attached hydrogen (secondary N) is 1. The first-order valence-electron chi connectivity index (χ1n) is 5.36. The summed E-state index contributed by atoms with van der Waals surface area (Å²) in [4.78, 5) is 4.53. The lowest BCUT2D eigenvalue weighted by molar-refractivity contribution is 0.478. The second-order valence-electron chi connectivity index (χ2n) is 3.76. The Morgan fingerprint density at radius 1 is 1.50 bits per heavy atom. The fraction of sp³-hybridized carbons (Fsp3) is 0.273. The van der Waals surface area contributed by atoms with E-state index in [-0.39, 0.29) is 4.99 Å². The Hall–Kier alpha value is -2.02. The van der Waals surface area contributed by atoms with E-state index in [4.69, 9.17) is 22.4 Å². The highest BCUT2D eigenvalue weighted by atomic mass is 32.1. The number of hydrogen-bond donors (Lipinski definition) is 2. The van der Waals surface area contributed by atoms with Crippen molar-refractivity contribution in [2.24, 2.45) is 5.73 Å². The zero-order valence-electron chi connectivity index (χ0n) is 10.1. The van der Waals surface area contributed by atoms with Gasteiger partial charge in [-0.15, -0.1) is 5.10 Å². The molecule has 0 spiro atoms. The van der Waals surface area contributed by atoms with E-state index in [0.29, 0.717) is 23.8 Å². The molecule has 0 aromatic carbocycles. The molecule has 6 nitrogen and oxygen atoms in total. The van der Waals surface area contributed by atoms with E-state index in [2.05, 4.69) is 20.5 Å². The maximum Gasteiger partial charge on any atom is 0.213 e. The van der Waals surface area contributed by atoms with E-state index in [1.54, 1.807) is 12.3 Å². The average molecular weight is 263 g/mol. The number of rotatable bonds is 4. The highest BCUT2D eigenvalue weighted by Crippen LogP contribution is 2.13. The number of oxazole rings is 1. The van der Waals surface area contributed by atoms with Crippen LogP contribution in [0.25, 0.3) is 0 Å². The Bertz CT molecular complexity index is 561. The van der Waals surface area contributed by atoms with E-state index in [1.165, 1.54) is 0 Å². The van der Waals surface area contributed by atoms with Crippen molar-refractivity contribution in [2.75, 3.05) is 5.32 Å². The molecule has 0 radical (unpaired) electrons. The molecule has 0 amide bonds. The Kier molecular flexibility index (Phi) is 3.52. The highest BCUT2D eigenvalue weighted by Gasteiger charge is 2.09. The number of nitrogens with two attached hydrogens (primary N) is 1. The minimum absolute atomic E-state index is 0.271. The Morgan fingerprint density at radius 3 is 2.89 bits per heavy atom. The molecule has 0 saturated carbocycles. The van der Waals surface area contributed by atoms with Gasteiger partial charge in [-0.1, -0.05) is 12.2 Å². The van der Waals surface area contributed by atoms with E-state index in [9.17, 15) is 0 Å². The zero-order valence-corrected chi connectivity index (χ0v) is 10.9. The van der Waals surface area contributed by atoms with Gasteiger partial charge in [-0.3, -0.25) is 0 Å². The minimum Gasteiger partial charge on any atom is -0.444 e. The van der Waals surface area contributed by atoms with Gasteiger partial charge in [-0.05, 0) is 19.9 Å². The first-order valence-corrected chi connectivity index (χ1v) is 5.77. The molecule has 0 aliphatic heterocycles. The molecule has 2 heterocycles. The first-order chi connectivity index (χ1) is 8.58. The van der Waals surface area contributed by atoms with E-state index in [0.717, 1.165) is 11.5 Å². The number of anilines is 1. The second kappa shape index (κ2) is 5.09. The number of nitrogens with zero attached hydrogens (tertiary/aromatic N) is 3. The van der Waals surface area contributed by atoms with Crippen molar-refractivity contribution in [3.05, 3.63) is 35.2 Å². The van der Waals surface area contributed by atoms with Gasteiger partial charge >= 0.3 is 0 Å². The van der Waals surface area contributed by atoms with Crippen molar-refractivity contribution in [1.82, 2.24) is 15.2 Å². The summed E-state index contributed by atoms with van der Waals surface area (Å²) >= 11 is 4.94. The van der Waals surface area contributed by atoms with Gasteiger partial charge in [-0.2, -0.15) is 5.10 Å². The van der Waals surface area contributed by atoms with Crippen molar-refractivity contribution in [3.63, 3.8) is 0 Å². The summed E-state index contributed by atoms with van der Waals surface area (Å²) in [7, 11) is 0. The van der Waals surface area contributed by atoms with Crippen LogP contribution in [0.2, 0.25) is 0 Å². The molecule has 0 bridgehead atoms. The van der Waals surface area contributed by atoms with Crippen LogP contribution >= 0.6 is 12.2 Å². The minimum atomic E-state index is 0.271. The fourth-order valence-corrected chi connectivity index (χ4v) is 1.60. The molecule has 0 unspecified atom stereocenters. The van der Waals surface area contributed by atoms with Crippen LogP contribution in [0.5, 0.6) is 0 Å². The van der Waals surface area contributed by atoms with Gasteiger partial charge in [0.15, 0.2) is 5.82 Å². The normalized spacial score (nSPS) is 10.3. The lowest BCUT2D eigenvalue weighted by Gasteiger charge is -2.06. The number of aromatic nitrogens is 3. The molecular formula is C11H13N5OS. The number of aryl methyl sites for hydroxylation is 2. The molecule has 0 aliphatic rings. The molecule has 0 atom stereocenters. The van der Waals surface area contributed by atoms with E-state index in [1.807, 2.05) is 13.8 Å². The first kappa shape index (κ1) is 12.4. The molecule has 2 aromatic rings.